The van der Waals surface area contributed by atoms with E-state index in [1.807, 2.05) is 0 Å². The van der Waals surface area contributed by atoms with Crippen LogP contribution in [-0.4, -0.2) is 45.3 Å². The highest BCUT2D eigenvalue weighted by Crippen LogP contribution is 2.17. The maximum atomic E-state index is 9.04. The van der Waals surface area contributed by atoms with E-state index in [4.69, 9.17) is 20.4 Å². The molecule has 0 radical (unpaired) electrons. The summed E-state index contributed by atoms with van der Waals surface area (Å²) in [6.45, 7) is -0.120. The van der Waals surface area contributed by atoms with Crippen LogP contribution in [0.3, 0.4) is 0 Å². The van der Waals surface area contributed by atoms with Gasteiger partial charge in [0.25, 0.3) is 0 Å². The third-order valence-electron chi connectivity index (χ3n) is 1.56. The van der Waals surface area contributed by atoms with Crippen LogP contribution >= 0.6 is 0 Å². The molecule has 5 heteroatoms. The first-order valence-electron chi connectivity index (χ1n) is 3.18. The van der Waals surface area contributed by atoms with E-state index >= 15 is 0 Å². The van der Waals surface area contributed by atoms with E-state index in [9.17, 15) is 0 Å². The average Bonchev–Trinajstić information content (AvgIpc) is 2.01. The van der Waals surface area contributed by atoms with E-state index < -0.39 is 18.3 Å². The van der Waals surface area contributed by atoms with Gasteiger partial charge in [-0.05, 0) is 0 Å². The van der Waals surface area contributed by atoms with Gasteiger partial charge in [0.1, 0.15) is 31.2 Å². The molecule has 0 aromatic carbocycles. The summed E-state index contributed by atoms with van der Waals surface area (Å²) in [5, 5.41) is 35.4. The Bertz CT molecular complexity index is 166. The van der Waals surface area contributed by atoms with Crippen molar-refractivity contribution < 1.29 is 25.2 Å². The maximum Gasteiger partial charge on any atom is 0.161 e. The minimum Gasteiger partial charge on any atom is -0.512 e. The maximum absolute atomic E-state index is 9.04. The van der Waals surface area contributed by atoms with Gasteiger partial charge in [-0.1, -0.05) is 0 Å². The van der Waals surface area contributed by atoms with Gasteiger partial charge in [-0.3, -0.25) is 0 Å². The van der Waals surface area contributed by atoms with E-state index in [0.717, 1.165) is 0 Å². The van der Waals surface area contributed by atoms with Gasteiger partial charge in [0.05, 0.1) is 0 Å². The monoisotopic (exact) mass is 162 g/mol. The van der Waals surface area contributed by atoms with Crippen molar-refractivity contribution in [2.24, 2.45) is 0 Å². The van der Waals surface area contributed by atoms with Crippen LogP contribution in [0.5, 0.6) is 0 Å². The second kappa shape index (κ2) is 3.08. The highest BCUT2D eigenvalue weighted by molar-refractivity contribution is 5.03. The number of rotatable bonds is 0. The first-order valence-corrected chi connectivity index (χ1v) is 3.18. The SMILES string of the molecule is OC=C1OC[C@@H](O)[C@@H](O)[C@@H]1O. The topological polar surface area (TPSA) is 90.2 Å². The predicted molar refractivity (Wildman–Crippen MR) is 34.7 cm³/mol. The van der Waals surface area contributed by atoms with Crippen LogP contribution in [0.2, 0.25) is 0 Å². The molecule has 4 N–H and O–H groups in total. The summed E-state index contributed by atoms with van der Waals surface area (Å²) in [6.07, 6.45) is -3.17. The fourth-order valence-electron chi connectivity index (χ4n) is 0.858. The smallest absolute Gasteiger partial charge is 0.161 e. The lowest BCUT2D eigenvalue weighted by Gasteiger charge is -2.29. The molecule has 0 spiro atoms. The van der Waals surface area contributed by atoms with Crippen LogP contribution in [0.15, 0.2) is 12.0 Å². The molecule has 0 unspecified atom stereocenters. The molecular formula is C6H10O5. The third-order valence-corrected chi connectivity index (χ3v) is 1.56. The van der Waals surface area contributed by atoms with E-state index in [1.165, 1.54) is 0 Å². The van der Waals surface area contributed by atoms with Crippen molar-refractivity contribution >= 4 is 0 Å². The lowest BCUT2D eigenvalue weighted by molar-refractivity contribution is -0.121. The predicted octanol–water partition coefficient (Wildman–Crippen LogP) is -1.50. The Morgan fingerprint density at radius 2 is 2.00 bits per heavy atom. The van der Waals surface area contributed by atoms with Crippen LogP contribution in [0.25, 0.3) is 0 Å². The van der Waals surface area contributed by atoms with Gasteiger partial charge >= 0.3 is 0 Å². The van der Waals surface area contributed by atoms with Crippen molar-refractivity contribution in [3.63, 3.8) is 0 Å². The van der Waals surface area contributed by atoms with Gasteiger partial charge in [-0.15, -0.1) is 0 Å². The van der Waals surface area contributed by atoms with Crippen LogP contribution in [0.4, 0.5) is 0 Å². The lowest BCUT2D eigenvalue weighted by atomic mass is 10.0. The van der Waals surface area contributed by atoms with E-state index in [-0.39, 0.29) is 12.4 Å². The summed E-state index contributed by atoms with van der Waals surface area (Å²) in [7, 11) is 0. The molecule has 0 saturated carbocycles. The summed E-state index contributed by atoms with van der Waals surface area (Å²) < 4.78 is 4.67. The Morgan fingerprint density at radius 3 is 2.55 bits per heavy atom. The Hall–Kier alpha value is -0.780. The van der Waals surface area contributed by atoms with Crippen molar-refractivity contribution in [2.45, 2.75) is 18.3 Å². The molecule has 11 heavy (non-hydrogen) atoms. The van der Waals surface area contributed by atoms with Crippen molar-refractivity contribution in [1.82, 2.24) is 0 Å². The zero-order valence-corrected chi connectivity index (χ0v) is 5.71. The Labute approximate surface area is 63.2 Å². The molecule has 1 aliphatic rings. The molecule has 64 valence electrons. The fraction of sp³-hybridized carbons (Fsp3) is 0.667. The summed E-state index contributed by atoms with van der Waals surface area (Å²) in [5.74, 6) is -0.122. The van der Waals surface area contributed by atoms with Crippen molar-refractivity contribution in [3.8, 4) is 0 Å². The van der Waals surface area contributed by atoms with Gasteiger partial charge in [0.2, 0.25) is 0 Å². The van der Waals surface area contributed by atoms with Crippen LogP contribution < -0.4 is 0 Å². The number of aliphatic hydroxyl groups is 4. The van der Waals surface area contributed by atoms with Gasteiger partial charge in [-0.2, -0.15) is 0 Å². The van der Waals surface area contributed by atoms with Crippen LogP contribution in [-0.2, 0) is 4.74 Å². The molecule has 5 nitrogen and oxygen atoms in total. The molecule has 0 aliphatic carbocycles. The highest BCUT2D eigenvalue weighted by Gasteiger charge is 2.34. The van der Waals surface area contributed by atoms with Crippen molar-refractivity contribution in [1.29, 1.82) is 0 Å². The second-order valence-electron chi connectivity index (χ2n) is 2.35. The zero-order chi connectivity index (χ0) is 8.43. The largest absolute Gasteiger partial charge is 0.512 e. The van der Waals surface area contributed by atoms with E-state index in [0.29, 0.717) is 6.26 Å². The highest BCUT2D eigenvalue weighted by atomic mass is 16.5. The molecule has 3 atom stereocenters. The van der Waals surface area contributed by atoms with E-state index in [2.05, 4.69) is 4.74 Å². The van der Waals surface area contributed by atoms with Crippen molar-refractivity contribution in [3.05, 3.63) is 12.0 Å². The van der Waals surface area contributed by atoms with E-state index in [1.54, 1.807) is 0 Å². The summed E-state index contributed by atoms with van der Waals surface area (Å²) in [4.78, 5) is 0. The van der Waals surface area contributed by atoms with Gasteiger partial charge in [0, 0.05) is 0 Å². The average molecular weight is 162 g/mol. The first-order chi connectivity index (χ1) is 5.16. The number of aliphatic hydroxyl groups excluding tert-OH is 4. The standard InChI is InChI=1S/C6H10O5/c7-1-4-6(10)5(9)3(8)2-11-4/h1,3,5-10H,2H2/t3-,5-,6-/m1/s1. The Morgan fingerprint density at radius 1 is 1.36 bits per heavy atom. The summed E-state index contributed by atoms with van der Waals surface area (Å²) in [5.41, 5.74) is 0. The first kappa shape index (κ1) is 8.32. The molecule has 1 heterocycles. The molecular weight excluding hydrogens is 152 g/mol. The minimum absolute atomic E-state index is 0.120. The minimum atomic E-state index is -1.34. The number of ether oxygens (including phenoxy) is 1. The Balaban J connectivity index is 2.67. The normalized spacial score (nSPS) is 42.1. The fourth-order valence-corrected chi connectivity index (χ4v) is 0.858. The van der Waals surface area contributed by atoms with Gasteiger partial charge < -0.3 is 25.2 Å². The molecule has 1 fully saturated rings. The summed E-state index contributed by atoms with van der Waals surface area (Å²) >= 11 is 0. The van der Waals surface area contributed by atoms with Gasteiger partial charge in [0.15, 0.2) is 5.76 Å². The van der Waals surface area contributed by atoms with Gasteiger partial charge in [-0.25, -0.2) is 0 Å². The van der Waals surface area contributed by atoms with Crippen molar-refractivity contribution in [2.75, 3.05) is 6.61 Å². The molecule has 1 rings (SSSR count). The quantitative estimate of drug-likeness (QED) is 0.325. The zero-order valence-electron chi connectivity index (χ0n) is 5.71. The lowest BCUT2D eigenvalue weighted by Crippen LogP contribution is -2.46. The molecule has 0 bridgehead atoms. The molecule has 0 aromatic rings. The third kappa shape index (κ3) is 1.45. The molecule has 1 aliphatic heterocycles. The van der Waals surface area contributed by atoms with Crippen LogP contribution in [0, 0.1) is 0 Å². The Kier molecular flexibility index (Phi) is 2.33. The molecule has 0 aromatic heterocycles. The second-order valence-corrected chi connectivity index (χ2v) is 2.35. The summed E-state index contributed by atoms with van der Waals surface area (Å²) in [6, 6.07) is 0. The van der Waals surface area contributed by atoms with Crippen LogP contribution in [0.1, 0.15) is 0 Å². The number of hydrogen-bond donors (Lipinski definition) is 4. The molecule has 0 amide bonds. The number of hydrogen-bond acceptors (Lipinski definition) is 5. The molecule has 1 saturated heterocycles.